The standard InChI is InChI=1S/C18H13F2N3O3/c19-13-6-2-1-5-11(13)9-21-10-12-16(24)22-18(26)23(17(12)25)15-8-4-3-7-14(15)20/h1-8,10,12H,9H2,(H,22,24,26). The highest BCUT2D eigenvalue weighted by molar-refractivity contribution is 6.32. The average molecular weight is 357 g/mol. The number of nitrogens with zero attached hydrogens (tertiary/aromatic N) is 2. The molecule has 0 bridgehead atoms. The van der Waals surface area contributed by atoms with Crippen LogP contribution >= 0.6 is 0 Å². The zero-order valence-corrected chi connectivity index (χ0v) is 13.4. The lowest BCUT2D eigenvalue weighted by atomic mass is 10.1. The van der Waals surface area contributed by atoms with Gasteiger partial charge in [0, 0.05) is 11.8 Å². The number of imide groups is 2. The van der Waals surface area contributed by atoms with Gasteiger partial charge in [0.2, 0.25) is 5.91 Å². The van der Waals surface area contributed by atoms with Crippen LogP contribution in [0.3, 0.4) is 0 Å². The molecule has 0 spiro atoms. The van der Waals surface area contributed by atoms with Gasteiger partial charge in [-0.15, -0.1) is 0 Å². The summed E-state index contributed by atoms with van der Waals surface area (Å²) in [6.07, 6.45) is 1.03. The number of hydrogen-bond acceptors (Lipinski definition) is 4. The number of carbonyl (C=O) groups excluding carboxylic acids is 3. The second-order valence-electron chi connectivity index (χ2n) is 5.48. The SMILES string of the molecule is O=C1NC(=O)N(c2ccccc2F)C(=O)C1C=NCc1ccccc1F. The van der Waals surface area contributed by atoms with E-state index in [0.29, 0.717) is 4.90 Å². The maximum Gasteiger partial charge on any atom is 0.335 e. The van der Waals surface area contributed by atoms with Crippen molar-refractivity contribution in [2.75, 3.05) is 4.90 Å². The number of rotatable bonds is 4. The third-order valence-electron chi connectivity index (χ3n) is 3.77. The molecule has 132 valence electrons. The maximum absolute atomic E-state index is 13.9. The molecule has 2 aromatic carbocycles. The summed E-state index contributed by atoms with van der Waals surface area (Å²) in [4.78, 5) is 40.9. The maximum atomic E-state index is 13.9. The fourth-order valence-electron chi connectivity index (χ4n) is 2.47. The Labute approximate surface area is 147 Å². The Hall–Kier alpha value is -3.42. The first-order valence-electron chi connectivity index (χ1n) is 7.65. The minimum atomic E-state index is -1.42. The molecule has 1 heterocycles. The molecule has 4 amide bonds. The van der Waals surface area contributed by atoms with Crippen molar-refractivity contribution in [1.29, 1.82) is 0 Å². The van der Waals surface area contributed by atoms with E-state index in [-0.39, 0.29) is 17.8 Å². The van der Waals surface area contributed by atoms with Crippen molar-refractivity contribution in [3.05, 3.63) is 65.7 Å². The van der Waals surface area contributed by atoms with E-state index in [2.05, 4.69) is 4.99 Å². The van der Waals surface area contributed by atoms with E-state index < -0.39 is 35.4 Å². The number of anilines is 1. The van der Waals surface area contributed by atoms with E-state index in [1.54, 1.807) is 6.07 Å². The van der Waals surface area contributed by atoms with E-state index in [4.69, 9.17) is 0 Å². The zero-order valence-electron chi connectivity index (χ0n) is 13.4. The fraction of sp³-hybridized carbons (Fsp3) is 0.111. The summed E-state index contributed by atoms with van der Waals surface area (Å²) >= 11 is 0. The van der Waals surface area contributed by atoms with Crippen LogP contribution in [-0.2, 0) is 16.1 Å². The third kappa shape index (κ3) is 3.34. The highest BCUT2D eigenvalue weighted by atomic mass is 19.1. The van der Waals surface area contributed by atoms with Gasteiger partial charge >= 0.3 is 6.03 Å². The molecule has 0 aliphatic carbocycles. The molecule has 1 aliphatic rings. The van der Waals surface area contributed by atoms with Crippen LogP contribution in [0.4, 0.5) is 19.3 Å². The summed E-state index contributed by atoms with van der Waals surface area (Å²) in [6.45, 7) is -0.0859. The predicted molar refractivity (Wildman–Crippen MR) is 89.5 cm³/mol. The van der Waals surface area contributed by atoms with Gasteiger partial charge in [0.15, 0.2) is 5.92 Å². The topological polar surface area (TPSA) is 78.8 Å². The van der Waals surface area contributed by atoms with Crippen molar-refractivity contribution >= 4 is 29.7 Å². The molecule has 1 atom stereocenters. The summed E-state index contributed by atoms with van der Waals surface area (Å²) in [6, 6.07) is 10.1. The van der Waals surface area contributed by atoms with Crippen LogP contribution in [0.5, 0.6) is 0 Å². The second kappa shape index (κ2) is 7.22. The Morgan fingerprint density at radius 3 is 2.35 bits per heavy atom. The minimum Gasteiger partial charge on any atom is -0.291 e. The van der Waals surface area contributed by atoms with Gasteiger partial charge in [-0.2, -0.15) is 0 Å². The summed E-state index contributed by atoms with van der Waals surface area (Å²) in [5.41, 5.74) is 0.0180. The third-order valence-corrected chi connectivity index (χ3v) is 3.77. The Balaban J connectivity index is 1.83. The number of amides is 4. The van der Waals surface area contributed by atoms with Gasteiger partial charge in [0.25, 0.3) is 5.91 Å². The van der Waals surface area contributed by atoms with Gasteiger partial charge in [0.05, 0.1) is 12.2 Å². The number of carbonyl (C=O) groups is 3. The van der Waals surface area contributed by atoms with Crippen LogP contribution in [0.2, 0.25) is 0 Å². The molecule has 2 aromatic rings. The number of nitrogens with one attached hydrogen (secondary N) is 1. The largest absolute Gasteiger partial charge is 0.335 e. The van der Waals surface area contributed by atoms with Gasteiger partial charge in [0.1, 0.15) is 11.6 Å². The van der Waals surface area contributed by atoms with Crippen LogP contribution in [0, 0.1) is 17.6 Å². The molecule has 26 heavy (non-hydrogen) atoms. The van der Waals surface area contributed by atoms with Crippen LogP contribution in [0.15, 0.2) is 53.5 Å². The smallest absolute Gasteiger partial charge is 0.291 e. The Morgan fingerprint density at radius 2 is 1.65 bits per heavy atom. The predicted octanol–water partition coefficient (Wildman–Crippen LogP) is 2.43. The quantitative estimate of drug-likeness (QED) is 0.674. The van der Waals surface area contributed by atoms with E-state index in [1.165, 1.54) is 36.4 Å². The molecule has 0 aromatic heterocycles. The second-order valence-corrected chi connectivity index (χ2v) is 5.48. The first kappa shape index (κ1) is 17.4. The molecule has 1 N–H and O–H groups in total. The van der Waals surface area contributed by atoms with E-state index in [1.807, 2.05) is 5.32 Å². The highest BCUT2D eigenvalue weighted by Gasteiger charge is 2.41. The zero-order chi connectivity index (χ0) is 18.7. The van der Waals surface area contributed by atoms with E-state index in [0.717, 1.165) is 12.3 Å². The number of para-hydroxylation sites is 1. The lowest BCUT2D eigenvalue weighted by molar-refractivity contribution is -0.131. The van der Waals surface area contributed by atoms with Crippen molar-refractivity contribution in [1.82, 2.24) is 5.32 Å². The first-order chi connectivity index (χ1) is 12.5. The molecule has 1 saturated heterocycles. The van der Waals surface area contributed by atoms with Gasteiger partial charge in [-0.1, -0.05) is 30.3 Å². The van der Waals surface area contributed by atoms with Gasteiger partial charge in [-0.25, -0.2) is 18.5 Å². The van der Waals surface area contributed by atoms with Crippen LogP contribution < -0.4 is 10.2 Å². The van der Waals surface area contributed by atoms with Gasteiger partial charge in [-0.3, -0.25) is 19.9 Å². The normalized spacial score (nSPS) is 17.7. The molecule has 1 fully saturated rings. The summed E-state index contributed by atoms with van der Waals surface area (Å²) in [5, 5.41) is 1.99. The van der Waals surface area contributed by atoms with Crippen LogP contribution in [0.25, 0.3) is 0 Å². The summed E-state index contributed by atoms with van der Waals surface area (Å²) in [5.74, 6) is -4.47. The summed E-state index contributed by atoms with van der Waals surface area (Å²) in [7, 11) is 0. The molecule has 1 aliphatic heterocycles. The van der Waals surface area contributed by atoms with Crippen molar-refractivity contribution < 1.29 is 23.2 Å². The molecule has 3 rings (SSSR count). The van der Waals surface area contributed by atoms with E-state index >= 15 is 0 Å². The van der Waals surface area contributed by atoms with Crippen molar-refractivity contribution in [2.45, 2.75) is 6.54 Å². The van der Waals surface area contributed by atoms with Crippen LogP contribution in [-0.4, -0.2) is 24.1 Å². The van der Waals surface area contributed by atoms with Crippen molar-refractivity contribution in [2.24, 2.45) is 10.9 Å². The minimum absolute atomic E-state index is 0.0859. The molecular formula is C18H13F2N3O3. The molecular weight excluding hydrogens is 344 g/mol. The fourth-order valence-corrected chi connectivity index (χ4v) is 2.47. The summed E-state index contributed by atoms with van der Waals surface area (Å²) < 4.78 is 27.5. The number of urea groups is 1. The molecule has 6 nitrogen and oxygen atoms in total. The number of aliphatic imine (C=N–C) groups is 1. The molecule has 1 unspecified atom stereocenters. The number of benzene rings is 2. The Bertz CT molecular complexity index is 914. The van der Waals surface area contributed by atoms with Crippen molar-refractivity contribution in [3.8, 4) is 0 Å². The number of hydrogen-bond donors (Lipinski definition) is 1. The number of barbiturate groups is 1. The molecule has 0 radical (unpaired) electrons. The van der Waals surface area contributed by atoms with Gasteiger partial charge in [-0.05, 0) is 18.2 Å². The van der Waals surface area contributed by atoms with E-state index in [9.17, 15) is 23.2 Å². The first-order valence-corrected chi connectivity index (χ1v) is 7.65. The van der Waals surface area contributed by atoms with Crippen LogP contribution in [0.1, 0.15) is 5.56 Å². The monoisotopic (exact) mass is 357 g/mol. The van der Waals surface area contributed by atoms with Crippen molar-refractivity contribution in [3.63, 3.8) is 0 Å². The highest BCUT2D eigenvalue weighted by Crippen LogP contribution is 2.23. The lowest BCUT2D eigenvalue weighted by Gasteiger charge is -2.28. The Morgan fingerprint density at radius 1 is 1.00 bits per heavy atom. The molecule has 0 saturated carbocycles. The number of halogens is 2. The average Bonchev–Trinajstić information content (AvgIpc) is 2.60. The molecule has 8 heteroatoms. The Kier molecular flexibility index (Phi) is 4.83. The van der Waals surface area contributed by atoms with Gasteiger partial charge < -0.3 is 0 Å². The lowest BCUT2D eigenvalue weighted by Crippen LogP contribution is -2.58.